The number of nitrogens with two attached hydrogens (primary N) is 1. The van der Waals surface area contributed by atoms with E-state index in [1.165, 1.54) is 37.7 Å². The molecular weight excluding hydrogens is 242 g/mol. The first-order chi connectivity index (χ1) is 8.79. The minimum Gasteiger partial charge on any atom is -0.494 e. The third-order valence-electron chi connectivity index (χ3n) is 3.41. The molecule has 1 aliphatic rings. The van der Waals surface area contributed by atoms with Crippen molar-refractivity contribution in [3.05, 3.63) is 23.8 Å². The summed E-state index contributed by atoms with van der Waals surface area (Å²) in [6.45, 7) is 2.74. The summed E-state index contributed by atoms with van der Waals surface area (Å²) < 4.78 is 5.66. The molecule has 0 spiro atoms. The fourth-order valence-corrected chi connectivity index (χ4v) is 3.76. The minimum absolute atomic E-state index is 0.713. The van der Waals surface area contributed by atoms with Gasteiger partial charge in [-0.1, -0.05) is 19.3 Å². The number of anilines is 1. The summed E-state index contributed by atoms with van der Waals surface area (Å²) in [7, 11) is 0. The lowest BCUT2D eigenvalue weighted by atomic mass is 10.0. The third-order valence-corrected chi connectivity index (χ3v) is 4.83. The highest BCUT2D eigenvalue weighted by Crippen LogP contribution is 2.33. The largest absolute Gasteiger partial charge is 0.494 e. The standard InChI is InChI=1S/C15H23NOS/c1-2-17-15-9-8-13(16)10-12(15)11-18-14-6-4-3-5-7-14/h8-10,14H,2-7,11,16H2,1H3. The molecule has 1 aliphatic carbocycles. The van der Waals surface area contributed by atoms with E-state index in [1.807, 2.05) is 19.1 Å². The molecule has 1 fully saturated rings. The Bertz CT molecular complexity index is 375. The molecule has 0 amide bonds. The van der Waals surface area contributed by atoms with Gasteiger partial charge in [0.1, 0.15) is 5.75 Å². The molecule has 18 heavy (non-hydrogen) atoms. The van der Waals surface area contributed by atoms with Crippen molar-refractivity contribution in [3.8, 4) is 5.75 Å². The summed E-state index contributed by atoms with van der Waals surface area (Å²) in [5.41, 5.74) is 7.94. The fourth-order valence-electron chi connectivity index (χ4n) is 2.45. The van der Waals surface area contributed by atoms with E-state index in [9.17, 15) is 0 Å². The molecule has 2 N–H and O–H groups in total. The molecule has 3 heteroatoms. The van der Waals surface area contributed by atoms with Gasteiger partial charge in [-0.3, -0.25) is 0 Å². The van der Waals surface area contributed by atoms with Gasteiger partial charge in [0.15, 0.2) is 0 Å². The summed E-state index contributed by atoms with van der Waals surface area (Å²) in [5, 5.41) is 0.828. The number of rotatable bonds is 5. The SMILES string of the molecule is CCOc1ccc(N)cc1CSC1CCCCC1. The zero-order valence-electron chi connectivity index (χ0n) is 11.2. The maximum Gasteiger partial charge on any atom is 0.123 e. The van der Waals surface area contributed by atoms with Crippen LogP contribution in [0.15, 0.2) is 18.2 Å². The molecule has 2 rings (SSSR count). The number of hydrogen-bond acceptors (Lipinski definition) is 3. The van der Waals surface area contributed by atoms with Crippen molar-refractivity contribution >= 4 is 17.4 Å². The Kier molecular flexibility index (Phi) is 5.24. The second-order valence-corrected chi connectivity index (χ2v) is 6.16. The van der Waals surface area contributed by atoms with Gasteiger partial charge in [0, 0.05) is 22.3 Å². The molecule has 1 saturated carbocycles. The van der Waals surface area contributed by atoms with Crippen LogP contribution in [0.5, 0.6) is 5.75 Å². The summed E-state index contributed by atoms with van der Waals surface area (Å²) in [6.07, 6.45) is 6.95. The molecule has 2 nitrogen and oxygen atoms in total. The number of nitrogen functional groups attached to an aromatic ring is 1. The minimum atomic E-state index is 0.713. The van der Waals surface area contributed by atoms with Crippen LogP contribution in [0.25, 0.3) is 0 Å². The Morgan fingerprint density at radius 3 is 2.78 bits per heavy atom. The average molecular weight is 265 g/mol. The Hall–Kier alpha value is -0.830. The van der Waals surface area contributed by atoms with E-state index in [0.29, 0.717) is 6.61 Å². The Morgan fingerprint density at radius 1 is 1.28 bits per heavy atom. The van der Waals surface area contributed by atoms with Crippen molar-refractivity contribution in [1.29, 1.82) is 0 Å². The number of thioether (sulfide) groups is 1. The number of benzene rings is 1. The van der Waals surface area contributed by atoms with Crippen molar-refractivity contribution in [2.75, 3.05) is 12.3 Å². The van der Waals surface area contributed by atoms with Crippen LogP contribution in [-0.2, 0) is 5.75 Å². The van der Waals surface area contributed by atoms with Gasteiger partial charge in [0.05, 0.1) is 6.61 Å². The van der Waals surface area contributed by atoms with Crippen molar-refractivity contribution < 1.29 is 4.74 Å². The highest BCUT2D eigenvalue weighted by molar-refractivity contribution is 7.99. The van der Waals surface area contributed by atoms with E-state index < -0.39 is 0 Å². The van der Waals surface area contributed by atoms with Gasteiger partial charge in [-0.2, -0.15) is 11.8 Å². The molecular formula is C15H23NOS. The lowest BCUT2D eigenvalue weighted by Crippen LogP contribution is -2.08. The zero-order chi connectivity index (χ0) is 12.8. The first kappa shape index (κ1) is 13.6. The van der Waals surface area contributed by atoms with E-state index in [1.54, 1.807) is 0 Å². The van der Waals surface area contributed by atoms with E-state index in [4.69, 9.17) is 10.5 Å². The quantitative estimate of drug-likeness (QED) is 0.809. The number of hydrogen-bond donors (Lipinski definition) is 1. The second kappa shape index (κ2) is 6.93. The van der Waals surface area contributed by atoms with Crippen LogP contribution in [-0.4, -0.2) is 11.9 Å². The maximum absolute atomic E-state index is 5.87. The van der Waals surface area contributed by atoms with Crippen molar-refractivity contribution in [2.24, 2.45) is 0 Å². The number of ether oxygens (including phenoxy) is 1. The van der Waals surface area contributed by atoms with Crippen molar-refractivity contribution in [1.82, 2.24) is 0 Å². The first-order valence-corrected chi connectivity index (χ1v) is 7.97. The van der Waals surface area contributed by atoms with Crippen LogP contribution in [0.1, 0.15) is 44.6 Å². The average Bonchev–Trinajstić information content (AvgIpc) is 2.40. The third kappa shape index (κ3) is 3.84. The van der Waals surface area contributed by atoms with Gasteiger partial charge in [-0.25, -0.2) is 0 Å². The summed E-state index contributed by atoms with van der Waals surface area (Å²) in [6, 6.07) is 5.97. The van der Waals surface area contributed by atoms with Crippen LogP contribution < -0.4 is 10.5 Å². The molecule has 0 radical (unpaired) electrons. The van der Waals surface area contributed by atoms with Crippen LogP contribution in [0.2, 0.25) is 0 Å². The first-order valence-electron chi connectivity index (χ1n) is 6.92. The molecule has 1 aromatic carbocycles. The van der Waals surface area contributed by atoms with E-state index >= 15 is 0 Å². The smallest absolute Gasteiger partial charge is 0.123 e. The predicted octanol–water partition coefficient (Wildman–Crippen LogP) is 4.23. The van der Waals surface area contributed by atoms with Crippen LogP contribution in [0, 0.1) is 0 Å². The van der Waals surface area contributed by atoms with Crippen LogP contribution in [0.4, 0.5) is 5.69 Å². The molecule has 0 aromatic heterocycles. The lowest BCUT2D eigenvalue weighted by Gasteiger charge is -2.21. The monoisotopic (exact) mass is 265 g/mol. The lowest BCUT2D eigenvalue weighted by molar-refractivity contribution is 0.337. The fraction of sp³-hybridized carbons (Fsp3) is 0.600. The molecule has 0 saturated heterocycles. The molecule has 0 heterocycles. The Balaban J connectivity index is 1.95. The van der Waals surface area contributed by atoms with E-state index in [-0.39, 0.29) is 0 Å². The summed E-state index contributed by atoms with van der Waals surface area (Å²) >= 11 is 2.06. The molecule has 0 bridgehead atoms. The highest BCUT2D eigenvalue weighted by atomic mass is 32.2. The predicted molar refractivity (Wildman–Crippen MR) is 80.2 cm³/mol. The van der Waals surface area contributed by atoms with Crippen LogP contribution >= 0.6 is 11.8 Å². The van der Waals surface area contributed by atoms with Gasteiger partial charge >= 0.3 is 0 Å². The molecule has 1 aromatic rings. The summed E-state index contributed by atoms with van der Waals surface area (Å²) in [4.78, 5) is 0. The summed E-state index contributed by atoms with van der Waals surface area (Å²) in [5.74, 6) is 2.01. The molecule has 0 atom stereocenters. The van der Waals surface area contributed by atoms with Gasteiger partial charge in [-0.15, -0.1) is 0 Å². The van der Waals surface area contributed by atoms with E-state index in [2.05, 4.69) is 17.8 Å². The Labute approximate surface area is 114 Å². The van der Waals surface area contributed by atoms with Gasteiger partial charge in [-0.05, 0) is 38.0 Å². The van der Waals surface area contributed by atoms with Crippen molar-refractivity contribution in [3.63, 3.8) is 0 Å². The molecule has 0 aliphatic heterocycles. The second-order valence-electron chi connectivity index (χ2n) is 4.87. The maximum atomic E-state index is 5.87. The molecule has 100 valence electrons. The van der Waals surface area contributed by atoms with E-state index in [0.717, 1.165) is 22.4 Å². The van der Waals surface area contributed by atoms with Gasteiger partial charge in [0.2, 0.25) is 0 Å². The highest BCUT2D eigenvalue weighted by Gasteiger charge is 2.14. The van der Waals surface area contributed by atoms with Gasteiger partial charge in [0.25, 0.3) is 0 Å². The normalized spacial score (nSPS) is 16.7. The van der Waals surface area contributed by atoms with Crippen molar-refractivity contribution in [2.45, 2.75) is 50.0 Å². The molecule has 0 unspecified atom stereocenters. The Morgan fingerprint density at radius 2 is 2.06 bits per heavy atom. The topological polar surface area (TPSA) is 35.2 Å². The van der Waals surface area contributed by atoms with Crippen LogP contribution in [0.3, 0.4) is 0 Å². The zero-order valence-corrected chi connectivity index (χ0v) is 12.0. The van der Waals surface area contributed by atoms with Gasteiger partial charge < -0.3 is 10.5 Å².